The normalized spacial score (nSPS) is 51.0. The van der Waals surface area contributed by atoms with Crippen molar-refractivity contribution in [1.29, 1.82) is 0 Å². The lowest BCUT2D eigenvalue weighted by molar-refractivity contribution is -0.184. The summed E-state index contributed by atoms with van der Waals surface area (Å²) in [5.41, 5.74) is 1.54. The van der Waals surface area contributed by atoms with Crippen LogP contribution in [0, 0.1) is 28.6 Å². The second-order valence-electron chi connectivity index (χ2n) is 10.6. The third-order valence-corrected chi connectivity index (χ3v) is 9.49. The number of hydrogen-bond acceptors (Lipinski definition) is 4. The van der Waals surface area contributed by atoms with Crippen LogP contribution in [0.3, 0.4) is 0 Å². The summed E-state index contributed by atoms with van der Waals surface area (Å²) in [5.74, 6) is 1.88. The third-order valence-electron chi connectivity index (χ3n) is 9.49. The van der Waals surface area contributed by atoms with Gasteiger partial charge < -0.3 is 19.7 Å². The van der Waals surface area contributed by atoms with E-state index >= 15 is 0 Å². The number of aliphatic hydroxyl groups is 2. The lowest BCUT2D eigenvalue weighted by Crippen LogP contribution is -2.53. The Kier molecular flexibility index (Phi) is 5.14. The maximum absolute atomic E-state index is 10.6. The second-order valence-corrected chi connectivity index (χ2v) is 10.6. The Morgan fingerprint density at radius 2 is 1.96 bits per heavy atom. The molecule has 0 aromatic carbocycles. The monoisotopic (exact) mass is 390 g/mol. The van der Waals surface area contributed by atoms with Gasteiger partial charge in [0.15, 0.2) is 6.29 Å². The average Bonchev–Trinajstić information content (AvgIpc) is 3.03. The van der Waals surface area contributed by atoms with Crippen LogP contribution in [-0.2, 0) is 9.47 Å². The Labute approximate surface area is 169 Å². The molecule has 4 aliphatic carbocycles. The van der Waals surface area contributed by atoms with Crippen LogP contribution in [0.2, 0.25) is 0 Å². The van der Waals surface area contributed by atoms with E-state index in [2.05, 4.69) is 13.0 Å². The zero-order valence-electron chi connectivity index (χ0n) is 17.4. The molecule has 2 N–H and O–H groups in total. The predicted molar refractivity (Wildman–Crippen MR) is 108 cm³/mol. The molecule has 5 rings (SSSR count). The minimum atomic E-state index is -0.125. The van der Waals surface area contributed by atoms with Gasteiger partial charge in [-0.3, -0.25) is 0 Å². The van der Waals surface area contributed by atoms with Gasteiger partial charge in [-0.2, -0.15) is 0 Å². The second kappa shape index (κ2) is 7.37. The fourth-order valence-corrected chi connectivity index (χ4v) is 7.88. The molecule has 1 aliphatic heterocycles. The van der Waals surface area contributed by atoms with Crippen LogP contribution in [0.5, 0.6) is 0 Å². The summed E-state index contributed by atoms with van der Waals surface area (Å²) < 4.78 is 12.1. The lowest BCUT2D eigenvalue weighted by Gasteiger charge is -2.58. The molecule has 1 heterocycles. The molecule has 0 spiro atoms. The fraction of sp³-hybridized carbons (Fsp3) is 0.917. The highest BCUT2D eigenvalue weighted by Crippen LogP contribution is 2.65. The highest BCUT2D eigenvalue weighted by Gasteiger charge is 2.59. The van der Waals surface area contributed by atoms with Crippen LogP contribution in [0.15, 0.2) is 11.6 Å². The zero-order chi connectivity index (χ0) is 19.4. The van der Waals surface area contributed by atoms with Crippen LogP contribution >= 0.6 is 0 Å². The van der Waals surface area contributed by atoms with Crippen molar-refractivity contribution in [2.45, 2.75) is 96.1 Å². The van der Waals surface area contributed by atoms with E-state index in [1.54, 1.807) is 0 Å². The molecule has 4 nitrogen and oxygen atoms in total. The van der Waals surface area contributed by atoms with Crippen molar-refractivity contribution >= 4 is 0 Å². The summed E-state index contributed by atoms with van der Waals surface area (Å²) in [5, 5.41) is 21.3. The molecule has 5 aliphatic rings. The van der Waals surface area contributed by atoms with E-state index in [0.29, 0.717) is 17.8 Å². The molecule has 0 aromatic rings. The van der Waals surface area contributed by atoms with Crippen molar-refractivity contribution < 1.29 is 19.7 Å². The zero-order valence-corrected chi connectivity index (χ0v) is 17.4. The van der Waals surface area contributed by atoms with Gasteiger partial charge in [-0.1, -0.05) is 18.6 Å². The molecule has 28 heavy (non-hydrogen) atoms. The first kappa shape index (κ1) is 19.5. The highest BCUT2D eigenvalue weighted by atomic mass is 16.7. The van der Waals surface area contributed by atoms with Gasteiger partial charge in [-0.25, -0.2) is 0 Å². The molecule has 0 bridgehead atoms. The van der Waals surface area contributed by atoms with Crippen molar-refractivity contribution in [2.75, 3.05) is 13.2 Å². The fourth-order valence-electron chi connectivity index (χ4n) is 7.88. The maximum Gasteiger partial charge on any atom is 0.158 e. The van der Waals surface area contributed by atoms with E-state index < -0.39 is 0 Å². The van der Waals surface area contributed by atoms with Crippen molar-refractivity contribution in [3.05, 3.63) is 11.6 Å². The molecule has 158 valence electrons. The van der Waals surface area contributed by atoms with Crippen molar-refractivity contribution in [1.82, 2.24) is 0 Å². The number of ether oxygens (including phenoxy) is 2. The summed E-state index contributed by atoms with van der Waals surface area (Å²) in [6, 6.07) is 0. The Morgan fingerprint density at radius 1 is 1.07 bits per heavy atom. The molecule has 4 fully saturated rings. The highest BCUT2D eigenvalue weighted by molar-refractivity contribution is 5.27. The summed E-state index contributed by atoms with van der Waals surface area (Å²) in [6.45, 7) is 3.43. The quantitative estimate of drug-likeness (QED) is 0.709. The average molecular weight is 391 g/mol. The minimum Gasteiger partial charge on any atom is -0.395 e. The molecular formula is C24H38O4. The van der Waals surface area contributed by atoms with Gasteiger partial charge in [0, 0.05) is 12.0 Å². The molecule has 0 radical (unpaired) electrons. The largest absolute Gasteiger partial charge is 0.395 e. The van der Waals surface area contributed by atoms with Crippen molar-refractivity contribution in [3.8, 4) is 0 Å². The topological polar surface area (TPSA) is 58.9 Å². The summed E-state index contributed by atoms with van der Waals surface area (Å²) in [4.78, 5) is 0. The first-order valence-electron chi connectivity index (χ1n) is 11.8. The SMILES string of the molecule is C[C@]12CC[C@H]3[C@@H](CCC4=C[C@@H](OC5CCCCO5)CC[C@@]43CO)[C@@H]1CC[C@@H]2O. The van der Waals surface area contributed by atoms with Gasteiger partial charge in [-0.15, -0.1) is 0 Å². The van der Waals surface area contributed by atoms with Crippen LogP contribution in [0.25, 0.3) is 0 Å². The van der Waals surface area contributed by atoms with E-state index in [1.165, 1.54) is 24.8 Å². The van der Waals surface area contributed by atoms with Gasteiger partial charge in [0.2, 0.25) is 0 Å². The van der Waals surface area contributed by atoms with E-state index in [-0.39, 0.29) is 35.9 Å². The van der Waals surface area contributed by atoms with Gasteiger partial charge in [0.1, 0.15) is 0 Å². The summed E-state index contributed by atoms with van der Waals surface area (Å²) >= 11 is 0. The van der Waals surface area contributed by atoms with E-state index in [0.717, 1.165) is 58.0 Å². The minimum absolute atomic E-state index is 0.0366. The molecule has 1 unspecified atom stereocenters. The first-order chi connectivity index (χ1) is 13.6. The lowest BCUT2D eigenvalue weighted by atomic mass is 9.47. The molecule has 4 heteroatoms. The number of fused-ring (bicyclic) bond motifs is 5. The summed E-state index contributed by atoms with van der Waals surface area (Å²) in [6.07, 6.45) is 14.5. The Bertz CT molecular complexity index is 612. The van der Waals surface area contributed by atoms with Crippen LogP contribution in [0.4, 0.5) is 0 Å². The number of aliphatic hydroxyl groups excluding tert-OH is 2. The number of hydrogen-bond donors (Lipinski definition) is 2. The van der Waals surface area contributed by atoms with Crippen LogP contribution < -0.4 is 0 Å². The van der Waals surface area contributed by atoms with Gasteiger partial charge >= 0.3 is 0 Å². The van der Waals surface area contributed by atoms with Crippen LogP contribution in [0.1, 0.15) is 77.6 Å². The van der Waals surface area contributed by atoms with E-state index in [1.807, 2.05) is 0 Å². The summed E-state index contributed by atoms with van der Waals surface area (Å²) in [7, 11) is 0. The maximum atomic E-state index is 10.6. The van der Waals surface area contributed by atoms with Crippen molar-refractivity contribution in [3.63, 3.8) is 0 Å². The van der Waals surface area contributed by atoms with Gasteiger partial charge in [0.05, 0.1) is 18.8 Å². The molecular weight excluding hydrogens is 352 g/mol. The molecule has 1 saturated heterocycles. The molecule has 8 atom stereocenters. The van der Waals surface area contributed by atoms with E-state index in [9.17, 15) is 10.2 Å². The molecule has 3 saturated carbocycles. The van der Waals surface area contributed by atoms with E-state index in [4.69, 9.17) is 9.47 Å². The van der Waals surface area contributed by atoms with Crippen LogP contribution in [-0.4, -0.2) is 41.9 Å². The van der Waals surface area contributed by atoms with Crippen molar-refractivity contribution in [2.24, 2.45) is 28.6 Å². The van der Waals surface area contributed by atoms with Gasteiger partial charge in [0.25, 0.3) is 0 Å². The Hall–Kier alpha value is -0.420. The Balaban J connectivity index is 1.36. The standard InChI is InChI=1S/C24H38O4/c1-23-11-10-20-18(19(23)7-8-21(23)26)6-5-16-14-17(9-12-24(16,20)15-25)28-22-4-2-3-13-27-22/h14,17-22,25-26H,2-13,15H2,1H3/t17-,18-,19-,20-,21-,22?,23-,24+/m0/s1. The molecule has 0 amide bonds. The predicted octanol–water partition coefficient (Wildman–Crippen LogP) is 4.19. The smallest absolute Gasteiger partial charge is 0.158 e. The van der Waals surface area contributed by atoms with Gasteiger partial charge in [-0.05, 0) is 93.8 Å². The third kappa shape index (κ3) is 2.93. The first-order valence-corrected chi connectivity index (χ1v) is 11.8. The molecule has 0 aromatic heterocycles. The number of rotatable bonds is 3. The Morgan fingerprint density at radius 3 is 2.75 bits per heavy atom.